The molecule has 0 bridgehead atoms. The second kappa shape index (κ2) is 8.59. The summed E-state index contributed by atoms with van der Waals surface area (Å²) in [4.78, 5) is 11.9. The van der Waals surface area contributed by atoms with Crippen LogP contribution in [-0.2, 0) is 11.2 Å². The molecular weight excluding hydrogens is 310 g/mol. The fraction of sp³-hybridized carbons (Fsp3) is 0.316. The van der Waals surface area contributed by atoms with Gasteiger partial charge in [-0.25, -0.2) is 0 Å². The van der Waals surface area contributed by atoms with E-state index >= 15 is 0 Å². The Bertz CT molecular complexity index is 655. The smallest absolute Gasteiger partial charge is 0.224 e. The molecule has 0 aromatic heterocycles. The highest BCUT2D eigenvalue weighted by Gasteiger charge is 2.07. The molecule has 0 saturated carbocycles. The molecule has 0 fully saturated rings. The van der Waals surface area contributed by atoms with Crippen LogP contribution in [0.3, 0.4) is 0 Å². The first-order chi connectivity index (χ1) is 11.1. The molecule has 0 saturated heterocycles. The first kappa shape index (κ1) is 17.4. The molecule has 2 aromatic carbocycles. The monoisotopic (exact) mass is 331 g/mol. The van der Waals surface area contributed by atoms with E-state index in [1.54, 1.807) is 12.1 Å². The van der Waals surface area contributed by atoms with Gasteiger partial charge in [-0.3, -0.25) is 4.79 Å². The maximum atomic E-state index is 11.9. The third-order valence-corrected chi connectivity index (χ3v) is 3.71. The first-order valence-corrected chi connectivity index (χ1v) is 8.17. The fourth-order valence-electron chi connectivity index (χ4n) is 2.34. The molecule has 0 unspecified atom stereocenters. The van der Waals surface area contributed by atoms with Gasteiger partial charge in [0, 0.05) is 5.02 Å². The molecule has 0 aliphatic heterocycles. The topological polar surface area (TPSA) is 38.3 Å². The molecule has 0 spiro atoms. The second-order valence-corrected chi connectivity index (χ2v) is 6.13. The Morgan fingerprint density at radius 1 is 1.17 bits per heavy atom. The first-order valence-electron chi connectivity index (χ1n) is 7.79. The molecule has 4 heteroatoms. The Morgan fingerprint density at radius 2 is 1.96 bits per heavy atom. The van der Waals surface area contributed by atoms with Crippen molar-refractivity contribution in [3.8, 4) is 5.75 Å². The van der Waals surface area contributed by atoms with Crippen molar-refractivity contribution in [1.82, 2.24) is 5.32 Å². The number of hydrogen-bond donors (Lipinski definition) is 1. The highest BCUT2D eigenvalue weighted by molar-refractivity contribution is 6.30. The molecule has 0 heterocycles. The van der Waals surface area contributed by atoms with Crippen molar-refractivity contribution in [1.29, 1.82) is 0 Å². The van der Waals surface area contributed by atoms with Gasteiger partial charge in [-0.2, -0.15) is 0 Å². The Kier molecular flexibility index (Phi) is 6.48. The lowest BCUT2D eigenvalue weighted by Crippen LogP contribution is -2.29. The fourth-order valence-corrected chi connectivity index (χ4v) is 2.55. The van der Waals surface area contributed by atoms with Crippen molar-refractivity contribution in [3.05, 3.63) is 64.7 Å². The van der Waals surface area contributed by atoms with Crippen LogP contribution >= 0.6 is 11.6 Å². The zero-order valence-electron chi connectivity index (χ0n) is 13.5. The Hall–Kier alpha value is -2.00. The molecule has 0 radical (unpaired) electrons. The predicted octanol–water partition coefficient (Wildman–Crippen LogP) is 4.20. The highest BCUT2D eigenvalue weighted by atomic mass is 35.5. The summed E-state index contributed by atoms with van der Waals surface area (Å²) in [6.45, 7) is 5.20. The van der Waals surface area contributed by atoms with Gasteiger partial charge in [-0.1, -0.05) is 55.8 Å². The maximum Gasteiger partial charge on any atom is 0.224 e. The summed E-state index contributed by atoms with van der Waals surface area (Å²) in [7, 11) is 0. The van der Waals surface area contributed by atoms with E-state index in [-0.39, 0.29) is 5.91 Å². The van der Waals surface area contributed by atoms with Crippen LogP contribution < -0.4 is 10.1 Å². The van der Waals surface area contributed by atoms with Crippen molar-refractivity contribution in [2.75, 3.05) is 13.2 Å². The van der Waals surface area contributed by atoms with Gasteiger partial charge < -0.3 is 10.1 Å². The summed E-state index contributed by atoms with van der Waals surface area (Å²) in [6, 6.07) is 15.3. The highest BCUT2D eigenvalue weighted by Crippen LogP contribution is 2.25. The van der Waals surface area contributed by atoms with Crippen LogP contribution in [0, 0.1) is 0 Å². The second-order valence-electron chi connectivity index (χ2n) is 5.70. The van der Waals surface area contributed by atoms with Crippen LogP contribution in [0.2, 0.25) is 5.02 Å². The van der Waals surface area contributed by atoms with E-state index in [0.717, 1.165) is 11.3 Å². The number of ether oxygens (including phenoxy) is 1. The maximum absolute atomic E-state index is 11.9. The Morgan fingerprint density at radius 3 is 2.70 bits per heavy atom. The zero-order chi connectivity index (χ0) is 16.7. The lowest BCUT2D eigenvalue weighted by Gasteiger charge is -2.14. The molecule has 2 rings (SSSR count). The van der Waals surface area contributed by atoms with Crippen LogP contribution in [-0.4, -0.2) is 19.1 Å². The SMILES string of the molecule is CC(C)c1ccccc1OCCNC(=O)Cc1cccc(Cl)c1. The summed E-state index contributed by atoms with van der Waals surface area (Å²) < 4.78 is 5.78. The Balaban J connectivity index is 1.76. The third-order valence-electron chi connectivity index (χ3n) is 3.48. The van der Waals surface area contributed by atoms with Crippen molar-refractivity contribution in [2.45, 2.75) is 26.2 Å². The summed E-state index contributed by atoms with van der Waals surface area (Å²) >= 11 is 5.91. The lowest BCUT2D eigenvalue weighted by molar-refractivity contribution is -0.120. The van der Waals surface area contributed by atoms with Crippen molar-refractivity contribution < 1.29 is 9.53 Å². The summed E-state index contributed by atoms with van der Waals surface area (Å²) in [5, 5.41) is 3.51. The molecule has 23 heavy (non-hydrogen) atoms. The molecule has 1 N–H and O–H groups in total. The minimum absolute atomic E-state index is 0.0342. The van der Waals surface area contributed by atoms with Crippen molar-refractivity contribution in [2.24, 2.45) is 0 Å². The standard InChI is InChI=1S/C19H22ClNO2/c1-14(2)17-8-3-4-9-18(17)23-11-10-21-19(22)13-15-6-5-7-16(20)12-15/h3-9,12,14H,10-11,13H2,1-2H3,(H,21,22). The minimum Gasteiger partial charge on any atom is -0.491 e. The molecule has 0 aliphatic carbocycles. The molecule has 1 amide bonds. The van der Waals surface area contributed by atoms with Crippen molar-refractivity contribution >= 4 is 17.5 Å². The predicted molar refractivity (Wildman–Crippen MR) is 94.2 cm³/mol. The summed E-state index contributed by atoms with van der Waals surface area (Å²) in [6.07, 6.45) is 0.323. The number of nitrogens with one attached hydrogen (secondary N) is 1. The number of amides is 1. The molecule has 0 atom stereocenters. The lowest BCUT2D eigenvalue weighted by atomic mass is 10.0. The number of carbonyl (C=O) groups is 1. The zero-order valence-corrected chi connectivity index (χ0v) is 14.3. The third kappa shape index (κ3) is 5.61. The largest absolute Gasteiger partial charge is 0.491 e. The van der Waals surface area contributed by atoms with E-state index < -0.39 is 0 Å². The summed E-state index contributed by atoms with van der Waals surface area (Å²) in [5.41, 5.74) is 2.08. The number of halogens is 1. The van der Waals surface area contributed by atoms with Gasteiger partial charge in [-0.15, -0.1) is 0 Å². The van der Waals surface area contributed by atoms with Gasteiger partial charge in [0.25, 0.3) is 0 Å². The van der Waals surface area contributed by atoms with Crippen LogP contribution in [0.1, 0.15) is 30.9 Å². The number of para-hydroxylation sites is 1. The molecule has 2 aromatic rings. The van der Waals surface area contributed by atoms with Gasteiger partial charge in [-0.05, 0) is 35.2 Å². The average Bonchev–Trinajstić information content (AvgIpc) is 2.52. The molecule has 122 valence electrons. The van der Waals surface area contributed by atoms with Crippen molar-refractivity contribution in [3.63, 3.8) is 0 Å². The van der Waals surface area contributed by atoms with Crippen LogP contribution in [0.15, 0.2) is 48.5 Å². The number of benzene rings is 2. The van der Waals surface area contributed by atoms with Gasteiger partial charge in [0.15, 0.2) is 0 Å². The molecule has 0 aliphatic rings. The van der Waals surface area contributed by atoms with E-state index in [0.29, 0.717) is 30.5 Å². The van der Waals surface area contributed by atoms with E-state index in [1.807, 2.05) is 30.3 Å². The van der Waals surface area contributed by atoms with Gasteiger partial charge >= 0.3 is 0 Å². The number of carbonyl (C=O) groups excluding carboxylic acids is 1. The van der Waals surface area contributed by atoms with Gasteiger partial charge in [0.05, 0.1) is 13.0 Å². The van der Waals surface area contributed by atoms with Crippen LogP contribution in [0.5, 0.6) is 5.75 Å². The van der Waals surface area contributed by atoms with Gasteiger partial charge in [0.2, 0.25) is 5.91 Å². The minimum atomic E-state index is -0.0342. The quantitative estimate of drug-likeness (QED) is 0.772. The summed E-state index contributed by atoms with van der Waals surface area (Å²) in [5.74, 6) is 1.25. The average molecular weight is 332 g/mol. The number of rotatable bonds is 7. The van der Waals surface area contributed by atoms with Gasteiger partial charge in [0.1, 0.15) is 12.4 Å². The van der Waals surface area contributed by atoms with E-state index in [9.17, 15) is 4.79 Å². The normalized spacial score (nSPS) is 10.6. The van der Waals surface area contributed by atoms with Crippen LogP contribution in [0.4, 0.5) is 0 Å². The number of hydrogen-bond acceptors (Lipinski definition) is 2. The van der Waals surface area contributed by atoms with E-state index in [2.05, 4.69) is 25.2 Å². The van der Waals surface area contributed by atoms with E-state index in [4.69, 9.17) is 16.3 Å². The molecule has 3 nitrogen and oxygen atoms in total. The van der Waals surface area contributed by atoms with E-state index in [1.165, 1.54) is 5.56 Å². The van der Waals surface area contributed by atoms with Crippen LogP contribution in [0.25, 0.3) is 0 Å². The molecular formula is C19H22ClNO2. The Labute approximate surface area is 142 Å².